The van der Waals surface area contributed by atoms with E-state index < -0.39 is 0 Å². The Labute approximate surface area is 150 Å². The first kappa shape index (κ1) is 18.4. The van der Waals surface area contributed by atoms with Crippen LogP contribution >= 0.6 is 0 Å². The Kier molecular flexibility index (Phi) is 5.79. The van der Waals surface area contributed by atoms with Crippen molar-refractivity contribution in [3.8, 4) is 0 Å². The smallest absolute Gasteiger partial charge is 0.269 e. The van der Waals surface area contributed by atoms with Crippen LogP contribution < -0.4 is 5.32 Å². The van der Waals surface area contributed by atoms with Gasteiger partial charge in [-0.05, 0) is 37.7 Å². The van der Waals surface area contributed by atoms with Gasteiger partial charge in [0.2, 0.25) is 0 Å². The first-order chi connectivity index (χ1) is 12.0. The van der Waals surface area contributed by atoms with Gasteiger partial charge in [-0.25, -0.2) is 0 Å². The number of carbonyl (C=O) groups excluding carboxylic acids is 1. The number of aliphatic hydroxyl groups is 1. The second-order valence-corrected chi connectivity index (χ2v) is 7.94. The number of hydrogen-bond donors (Lipinski definition) is 2. The molecule has 0 aromatic carbocycles. The summed E-state index contributed by atoms with van der Waals surface area (Å²) in [7, 11) is 1.83. The summed E-state index contributed by atoms with van der Waals surface area (Å²) >= 11 is 0. The highest BCUT2D eigenvalue weighted by Crippen LogP contribution is 2.26. The van der Waals surface area contributed by atoms with Crippen molar-refractivity contribution in [2.45, 2.75) is 76.5 Å². The Morgan fingerprint density at radius 1 is 1.24 bits per heavy atom. The van der Waals surface area contributed by atoms with Gasteiger partial charge in [0.1, 0.15) is 5.69 Å². The zero-order chi connectivity index (χ0) is 18.0. The minimum absolute atomic E-state index is 0.0296. The number of nitrogens with zero attached hydrogens (tertiary/aromatic N) is 3. The van der Waals surface area contributed by atoms with Gasteiger partial charge in [0, 0.05) is 32.2 Å². The minimum Gasteiger partial charge on any atom is -0.391 e. The lowest BCUT2D eigenvalue weighted by molar-refractivity contribution is 0.00725. The maximum absolute atomic E-state index is 12.6. The fourth-order valence-electron chi connectivity index (χ4n) is 4.14. The summed E-state index contributed by atoms with van der Waals surface area (Å²) in [6.07, 6.45) is 6.12. The lowest BCUT2D eigenvalue weighted by Crippen LogP contribution is -2.52. The first-order valence-electron chi connectivity index (χ1n) is 9.72. The maximum atomic E-state index is 12.6. The normalized spacial score (nSPS) is 26.1. The number of nitrogens with one attached hydrogen (secondary N) is 1. The Morgan fingerprint density at radius 2 is 1.92 bits per heavy atom. The number of aryl methyl sites for hydroxylation is 1. The monoisotopic (exact) mass is 348 g/mol. The van der Waals surface area contributed by atoms with Crippen LogP contribution in [0.25, 0.3) is 0 Å². The van der Waals surface area contributed by atoms with Gasteiger partial charge in [0.05, 0.1) is 11.8 Å². The van der Waals surface area contributed by atoms with Crippen LogP contribution in [0.1, 0.15) is 74.5 Å². The second kappa shape index (κ2) is 7.87. The predicted octanol–water partition coefficient (Wildman–Crippen LogP) is 2.04. The minimum atomic E-state index is -0.177. The molecule has 2 N–H and O–H groups in total. The standard InChI is InChI=1S/C19H32N4O2/c1-13(2)15-12-17(22(3)21-15)19(25)20-14-8-10-23(11-9-14)16-6-4-5-7-18(16)24/h12-14,16,18,24H,4-11H2,1-3H3,(H,20,25). The number of hydrogen-bond acceptors (Lipinski definition) is 4. The molecule has 1 aromatic heterocycles. The van der Waals surface area contributed by atoms with E-state index in [1.54, 1.807) is 4.68 Å². The third-order valence-electron chi connectivity index (χ3n) is 5.75. The van der Waals surface area contributed by atoms with Gasteiger partial charge in [-0.1, -0.05) is 26.7 Å². The molecule has 0 spiro atoms. The third kappa shape index (κ3) is 4.23. The summed E-state index contributed by atoms with van der Waals surface area (Å²) in [5, 5.41) is 17.8. The van der Waals surface area contributed by atoms with Crippen LogP contribution in [0.5, 0.6) is 0 Å². The zero-order valence-corrected chi connectivity index (χ0v) is 15.7. The van der Waals surface area contributed by atoms with Crippen molar-refractivity contribution in [1.29, 1.82) is 0 Å². The summed E-state index contributed by atoms with van der Waals surface area (Å²) in [5.41, 5.74) is 1.59. The zero-order valence-electron chi connectivity index (χ0n) is 15.7. The average molecular weight is 348 g/mol. The van der Waals surface area contributed by atoms with E-state index in [2.05, 4.69) is 29.2 Å². The molecule has 3 rings (SSSR count). The Bertz CT molecular complexity index is 590. The number of aromatic nitrogens is 2. The average Bonchev–Trinajstić information content (AvgIpc) is 2.98. The van der Waals surface area contributed by atoms with Crippen LogP contribution in [0, 0.1) is 0 Å². The molecule has 1 aromatic rings. The number of amides is 1. The van der Waals surface area contributed by atoms with Crippen LogP contribution in [0.4, 0.5) is 0 Å². The van der Waals surface area contributed by atoms with Crippen molar-refractivity contribution in [2.24, 2.45) is 7.05 Å². The quantitative estimate of drug-likeness (QED) is 0.874. The van der Waals surface area contributed by atoms with Crippen molar-refractivity contribution in [3.05, 3.63) is 17.5 Å². The van der Waals surface area contributed by atoms with Crippen LogP contribution in [-0.2, 0) is 7.05 Å². The number of carbonyl (C=O) groups is 1. The van der Waals surface area contributed by atoms with E-state index in [1.807, 2.05) is 13.1 Å². The van der Waals surface area contributed by atoms with Crippen molar-refractivity contribution in [2.75, 3.05) is 13.1 Å². The van der Waals surface area contributed by atoms with Gasteiger partial charge >= 0.3 is 0 Å². The molecule has 1 aliphatic heterocycles. The van der Waals surface area contributed by atoms with Gasteiger partial charge in [-0.3, -0.25) is 14.4 Å². The summed E-state index contributed by atoms with van der Waals surface area (Å²) in [5.74, 6) is 0.288. The molecule has 2 heterocycles. The third-order valence-corrected chi connectivity index (χ3v) is 5.75. The summed E-state index contributed by atoms with van der Waals surface area (Å²) < 4.78 is 1.68. The van der Waals surface area contributed by atoms with Gasteiger partial charge in [-0.2, -0.15) is 5.10 Å². The van der Waals surface area contributed by atoms with E-state index in [0.717, 1.165) is 50.9 Å². The first-order valence-corrected chi connectivity index (χ1v) is 9.72. The fourth-order valence-corrected chi connectivity index (χ4v) is 4.14. The van der Waals surface area contributed by atoms with Crippen LogP contribution in [0.15, 0.2) is 6.07 Å². The van der Waals surface area contributed by atoms with Gasteiger partial charge in [-0.15, -0.1) is 0 Å². The number of piperidine rings is 1. The summed E-state index contributed by atoms with van der Waals surface area (Å²) in [4.78, 5) is 15.0. The Balaban J connectivity index is 1.52. The van der Waals surface area contributed by atoms with Gasteiger partial charge in [0.25, 0.3) is 5.91 Å². The molecule has 1 amide bonds. The summed E-state index contributed by atoms with van der Waals surface area (Å²) in [6, 6.07) is 2.42. The van der Waals surface area contributed by atoms with Crippen molar-refractivity contribution < 1.29 is 9.90 Å². The Hall–Kier alpha value is -1.40. The molecule has 2 fully saturated rings. The highest BCUT2D eigenvalue weighted by Gasteiger charge is 2.32. The van der Waals surface area contributed by atoms with Crippen LogP contribution in [0.2, 0.25) is 0 Å². The highest BCUT2D eigenvalue weighted by atomic mass is 16.3. The number of rotatable bonds is 4. The molecule has 6 heteroatoms. The van der Waals surface area contributed by atoms with Crippen molar-refractivity contribution >= 4 is 5.91 Å². The van der Waals surface area contributed by atoms with E-state index >= 15 is 0 Å². The van der Waals surface area contributed by atoms with Crippen LogP contribution in [-0.4, -0.2) is 57.0 Å². The van der Waals surface area contributed by atoms with E-state index in [4.69, 9.17) is 0 Å². The predicted molar refractivity (Wildman–Crippen MR) is 97.6 cm³/mol. The molecule has 0 radical (unpaired) electrons. The lowest BCUT2D eigenvalue weighted by Gasteiger charge is -2.41. The van der Waals surface area contributed by atoms with Gasteiger partial charge in [0.15, 0.2) is 0 Å². The molecule has 140 valence electrons. The SMILES string of the molecule is CC(C)c1cc(C(=O)NC2CCN(C3CCCCC3O)CC2)n(C)n1. The molecule has 25 heavy (non-hydrogen) atoms. The van der Waals surface area contributed by atoms with E-state index in [1.165, 1.54) is 6.42 Å². The van der Waals surface area contributed by atoms with Crippen LogP contribution in [0.3, 0.4) is 0 Å². The molecule has 1 aliphatic carbocycles. The van der Waals surface area contributed by atoms with Gasteiger partial charge < -0.3 is 10.4 Å². The highest BCUT2D eigenvalue weighted by molar-refractivity contribution is 5.92. The molecule has 1 saturated carbocycles. The van der Waals surface area contributed by atoms with Crippen molar-refractivity contribution in [1.82, 2.24) is 20.0 Å². The second-order valence-electron chi connectivity index (χ2n) is 7.94. The molecule has 6 nitrogen and oxygen atoms in total. The lowest BCUT2D eigenvalue weighted by atomic mass is 9.89. The maximum Gasteiger partial charge on any atom is 0.269 e. The largest absolute Gasteiger partial charge is 0.391 e. The van der Waals surface area contributed by atoms with Crippen molar-refractivity contribution in [3.63, 3.8) is 0 Å². The van der Waals surface area contributed by atoms with E-state index in [9.17, 15) is 9.90 Å². The molecule has 2 unspecified atom stereocenters. The fraction of sp³-hybridized carbons (Fsp3) is 0.789. The Morgan fingerprint density at radius 3 is 2.52 bits per heavy atom. The topological polar surface area (TPSA) is 70.4 Å². The molecule has 1 saturated heterocycles. The molecule has 2 aliphatic rings. The van der Waals surface area contributed by atoms with E-state index in [0.29, 0.717) is 17.7 Å². The molecule has 0 bridgehead atoms. The van der Waals surface area contributed by atoms with E-state index in [-0.39, 0.29) is 18.1 Å². The molecular weight excluding hydrogens is 316 g/mol. The summed E-state index contributed by atoms with van der Waals surface area (Å²) in [6.45, 7) is 6.07. The number of aliphatic hydroxyl groups excluding tert-OH is 1. The number of likely N-dealkylation sites (tertiary alicyclic amines) is 1. The molecule has 2 atom stereocenters. The molecular formula is C19H32N4O2.